The van der Waals surface area contributed by atoms with Gasteiger partial charge in [-0.05, 0) is 29.7 Å². The molecule has 0 unspecified atom stereocenters. The zero-order valence-electron chi connectivity index (χ0n) is 18.8. The van der Waals surface area contributed by atoms with Crippen LogP contribution in [0.2, 0.25) is 0 Å². The third-order valence-electron chi connectivity index (χ3n) is 6.46. The topological polar surface area (TPSA) is 86.7 Å². The van der Waals surface area contributed by atoms with E-state index in [1.807, 2.05) is 42.5 Å². The number of piperazine rings is 1. The van der Waals surface area contributed by atoms with E-state index in [2.05, 4.69) is 14.9 Å². The summed E-state index contributed by atoms with van der Waals surface area (Å²) in [4.78, 5) is 53.5. The quantitative estimate of drug-likeness (QED) is 0.413. The molecule has 174 valence electrons. The highest BCUT2D eigenvalue weighted by atomic mass is 32.1. The van der Waals surface area contributed by atoms with E-state index in [4.69, 9.17) is 0 Å². The van der Waals surface area contributed by atoms with Crippen molar-refractivity contribution in [2.24, 2.45) is 0 Å². The molecule has 1 fully saturated rings. The van der Waals surface area contributed by atoms with E-state index in [-0.39, 0.29) is 24.3 Å². The molecule has 3 amide bonds. The number of carbonyl (C=O) groups is 3. The van der Waals surface area contributed by atoms with Gasteiger partial charge in [-0.3, -0.25) is 24.3 Å². The SMILES string of the molecule is O=C(c1cnccn1)N1CCN(c2cccc3c2C(=O)N(Cc2cc4ccccc4s2)C3=O)CC1. The fourth-order valence-corrected chi connectivity index (χ4v) is 5.77. The van der Waals surface area contributed by atoms with Gasteiger partial charge in [-0.15, -0.1) is 11.3 Å². The van der Waals surface area contributed by atoms with Gasteiger partial charge < -0.3 is 9.80 Å². The molecule has 9 heteroatoms. The molecule has 0 radical (unpaired) electrons. The summed E-state index contributed by atoms with van der Waals surface area (Å²) in [6.07, 6.45) is 4.51. The Labute approximate surface area is 205 Å². The highest BCUT2D eigenvalue weighted by molar-refractivity contribution is 7.19. The molecule has 0 spiro atoms. The van der Waals surface area contributed by atoms with Crippen molar-refractivity contribution in [2.75, 3.05) is 31.1 Å². The molecule has 0 aliphatic carbocycles. The predicted molar refractivity (Wildman–Crippen MR) is 133 cm³/mol. The van der Waals surface area contributed by atoms with Crippen molar-refractivity contribution in [3.05, 3.63) is 88.8 Å². The third kappa shape index (κ3) is 3.74. The Morgan fingerprint density at radius 2 is 1.77 bits per heavy atom. The molecule has 0 N–H and O–H groups in total. The fraction of sp³-hybridized carbons (Fsp3) is 0.192. The molecule has 6 rings (SSSR count). The maximum Gasteiger partial charge on any atom is 0.274 e. The van der Waals surface area contributed by atoms with Crippen molar-refractivity contribution < 1.29 is 14.4 Å². The van der Waals surface area contributed by atoms with E-state index in [1.54, 1.807) is 22.3 Å². The maximum absolute atomic E-state index is 13.5. The first kappa shape index (κ1) is 21.4. The lowest BCUT2D eigenvalue weighted by Crippen LogP contribution is -2.49. The third-order valence-corrected chi connectivity index (χ3v) is 7.56. The van der Waals surface area contributed by atoms with Crippen LogP contribution in [0, 0.1) is 0 Å². The van der Waals surface area contributed by atoms with Crippen molar-refractivity contribution in [1.29, 1.82) is 0 Å². The number of fused-ring (bicyclic) bond motifs is 2. The molecule has 2 aliphatic heterocycles. The van der Waals surface area contributed by atoms with E-state index in [9.17, 15) is 14.4 Å². The lowest BCUT2D eigenvalue weighted by atomic mass is 10.1. The van der Waals surface area contributed by atoms with E-state index in [0.29, 0.717) is 43.0 Å². The van der Waals surface area contributed by atoms with Crippen LogP contribution in [-0.2, 0) is 6.54 Å². The highest BCUT2D eigenvalue weighted by Crippen LogP contribution is 2.35. The molecule has 2 aromatic heterocycles. The number of aromatic nitrogens is 2. The summed E-state index contributed by atoms with van der Waals surface area (Å²) in [5.41, 5.74) is 1.95. The minimum Gasteiger partial charge on any atom is -0.367 e. The monoisotopic (exact) mass is 483 g/mol. The molecule has 2 aromatic carbocycles. The number of hydrogen-bond acceptors (Lipinski definition) is 7. The smallest absolute Gasteiger partial charge is 0.274 e. The van der Waals surface area contributed by atoms with Gasteiger partial charge in [0.25, 0.3) is 17.7 Å². The van der Waals surface area contributed by atoms with Crippen molar-refractivity contribution in [1.82, 2.24) is 19.8 Å². The predicted octanol–water partition coefficient (Wildman–Crippen LogP) is 3.45. The molecular weight excluding hydrogens is 462 g/mol. The largest absolute Gasteiger partial charge is 0.367 e. The molecule has 8 nitrogen and oxygen atoms in total. The second kappa shape index (κ2) is 8.59. The van der Waals surface area contributed by atoms with Gasteiger partial charge in [-0.1, -0.05) is 24.3 Å². The number of hydrogen-bond donors (Lipinski definition) is 0. The van der Waals surface area contributed by atoms with Crippen LogP contribution in [0.3, 0.4) is 0 Å². The van der Waals surface area contributed by atoms with Crippen LogP contribution in [0.25, 0.3) is 10.1 Å². The fourth-order valence-electron chi connectivity index (χ4n) is 4.72. The Morgan fingerprint density at radius 3 is 2.54 bits per heavy atom. The Bertz CT molecular complexity index is 1430. The summed E-state index contributed by atoms with van der Waals surface area (Å²) < 4.78 is 1.13. The molecule has 4 heterocycles. The zero-order chi connectivity index (χ0) is 23.9. The second-order valence-electron chi connectivity index (χ2n) is 8.52. The first-order chi connectivity index (χ1) is 17.1. The standard InChI is InChI=1S/C26H21N5O3S/c32-24-19-5-3-6-21(29-10-12-30(13-11-29)25(33)20-15-27-8-9-28-20)23(19)26(34)31(24)16-18-14-17-4-1-2-7-22(17)35-18/h1-9,14-15H,10-13,16H2. The number of imide groups is 1. The summed E-state index contributed by atoms with van der Waals surface area (Å²) >= 11 is 1.60. The van der Waals surface area contributed by atoms with Crippen LogP contribution in [0.15, 0.2) is 67.1 Å². The first-order valence-electron chi connectivity index (χ1n) is 11.4. The molecule has 0 saturated carbocycles. The van der Waals surface area contributed by atoms with Crippen LogP contribution in [0.1, 0.15) is 36.1 Å². The maximum atomic E-state index is 13.5. The van der Waals surface area contributed by atoms with Gasteiger partial charge >= 0.3 is 0 Å². The second-order valence-corrected chi connectivity index (χ2v) is 9.68. The summed E-state index contributed by atoms with van der Waals surface area (Å²) in [7, 11) is 0. The summed E-state index contributed by atoms with van der Waals surface area (Å²) in [5, 5.41) is 1.11. The van der Waals surface area contributed by atoms with Crippen molar-refractivity contribution >= 4 is 44.8 Å². The summed E-state index contributed by atoms with van der Waals surface area (Å²) in [6.45, 7) is 2.35. The van der Waals surface area contributed by atoms with Gasteiger partial charge in [0, 0.05) is 48.1 Å². The van der Waals surface area contributed by atoms with E-state index in [1.165, 1.54) is 23.5 Å². The van der Waals surface area contributed by atoms with Gasteiger partial charge in [0.2, 0.25) is 0 Å². The molecule has 2 aliphatic rings. The van der Waals surface area contributed by atoms with Crippen molar-refractivity contribution in [3.8, 4) is 0 Å². The summed E-state index contributed by atoms with van der Waals surface area (Å²) in [6, 6.07) is 15.5. The van der Waals surface area contributed by atoms with Crippen LogP contribution in [0.5, 0.6) is 0 Å². The zero-order valence-corrected chi connectivity index (χ0v) is 19.6. The highest BCUT2D eigenvalue weighted by Gasteiger charge is 2.39. The molecule has 1 saturated heterocycles. The Morgan fingerprint density at radius 1 is 0.943 bits per heavy atom. The van der Waals surface area contributed by atoms with E-state index >= 15 is 0 Å². The Kier molecular flexibility index (Phi) is 5.26. The Hall–Kier alpha value is -4.11. The average molecular weight is 484 g/mol. The van der Waals surface area contributed by atoms with Gasteiger partial charge in [0.05, 0.1) is 29.6 Å². The molecule has 35 heavy (non-hydrogen) atoms. The van der Waals surface area contributed by atoms with Gasteiger partial charge in [-0.25, -0.2) is 4.98 Å². The van der Waals surface area contributed by atoms with E-state index < -0.39 is 0 Å². The van der Waals surface area contributed by atoms with Gasteiger partial charge in [0.15, 0.2) is 0 Å². The number of rotatable bonds is 4. The minimum absolute atomic E-state index is 0.156. The molecular formula is C26H21N5O3S. The molecule has 4 aromatic rings. The number of thiophene rings is 1. The minimum atomic E-state index is -0.267. The molecule has 0 bridgehead atoms. The van der Waals surface area contributed by atoms with Crippen molar-refractivity contribution in [2.45, 2.75) is 6.54 Å². The number of benzene rings is 2. The normalized spacial score (nSPS) is 15.7. The van der Waals surface area contributed by atoms with Crippen LogP contribution >= 0.6 is 11.3 Å². The average Bonchev–Trinajstić information content (AvgIpc) is 3.43. The number of carbonyl (C=O) groups excluding carboxylic acids is 3. The van der Waals surface area contributed by atoms with Gasteiger partial charge in [-0.2, -0.15) is 0 Å². The van der Waals surface area contributed by atoms with Crippen molar-refractivity contribution in [3.63, 3.8) is 0 Å². The first-order valence-corrected chi connectivity index (χ1v) is 12.2. The number of anilines is 1. The van der Waals surface area contributed by atoms with Gasteiger partial charge in [0.1, 0.15) is 5.69 Å². The Balaban J connectivity index is 1.21. The van der Waals surface area contributed by atoms with E-state index in [0.717, 1.165) is 20.7 Å². The lowest BCUT2D eigenvalue weighted by Gasteiger charge is -2.36. The summed E-state index contributed by atoms with van der Waals surface area (Å²) in [5.74, 6) is -0.686. The number of amides is 3. The van der Waals surface area contributed by atoms with Crippen LogP contribution in [-0.4, -0.2) is 63.7 Å². The van der Waals surface area contributed by atoms with Crippen LogP contribution in [0.4, 0.5) is 5.69 Å². The molecule has 0 atom stereocenters. The van der Waals surface area contributed by atoms with Crippen LogP contribution < -0.4 is 4.90 Å². The lowest BCUT2D eigenvalue weighted by molar-refractivity contribution is 0.0642. The number of nitrogens with zero attached hydrogens (tertiary/aromatic N) is 5.